The van der Waals surface area contributed by atoms with Gasteiger partial charge in [0.15, 0.2) is 6.61 Å². The number of hydrogen-bond acceptors (Lipinski definition) is 5. The Bertz CT molecular complexity index is 1320. The van der Waals surface area contributed by atoms with Crippen molar-refractivity contribution in [3.63, 3.8) is 0 Å². The molecule has 2 aliphatic rings. The minimum atomic E-state index is -0.466. The highest BCUT2D eigenvalue weighted by atomic mass is 16.5. The number of allylic oxidation sites excluding steroid dienone is 1. The average molecular weight is 495 g/mol. The van der Waals surface area contributed by atoms with Crippen molar-refractivity contribution in [2.75, 3.05) is 13.7 Å². The van der Waals surface area contributed by atoms with Crippen LogP contribution in [0, 0.1) is 5.92 Å². The molecule has 6 heteroatoms. The number of amides is 1. The van der Waals surface area contributed by atoms with Gasteiger partial charge in [0.2, 0.25) is 0 Å². The van der Waals surface area contributed by atoms with Gasteiger partial charge in [-0.2, -0.15) is 5.10 Å². The van der Waals surface area contributed by atoms with Crippen molar-refractivity contribution in [1.29, 1.82) is 0 Å². The summed E-state index contributed by atoms with van der Waals surface area (Å²) in [6, 6.07) is 27.2. The third-order valence-electron chi connectivity index (χ3n) is 6.88. The molecule has 188 valence electrons. The zero-order valence-corrected chi connectivity index (χ0v) is 20.9. The molecular formula is C31H30N2O4. The second kappa shape index (κ2) is 11.2. The Hall–Kier alpha value is -4.19. The molecule has 1 amide bonds. The molecule has 0 aromatic heterocycles. The first-order chi connectivity index (χ1) is 18.1. The summed E-state index contributed by atoms with van der Waals surface area (Å²) >= 11 is 0. The summed E-state index contributed by atoms with van der Waals surface area (Å²) < 4.78 is 10.6. The van der Waals surface area contributed by atoms with Gasteiger partial charge < -0.3 is 9.47 Å². The van der Waals surface area contributed by atoms with Gasteiger partial charge in [-0.1, -0.05) is 72.8 Å². The van der Waals surface area contributed by atoms with E-state index in [9.17, 15) is 9.59 Å². The topological polar surface area (TPSA) is 68.2 Å². The van der Waals surface area contributed by atoms with E-state index in [1.807, 2.05) is 66.7 Å². The molecule has 1 aliphatic carbocycles. The standard InChI is InChI=1S/C31H30N2O4/c1-36-26-16-8-12-23(19-26)20-29(35)37-21-28(34)33-31(24-13-6-3-7-14-24)27-17-9-15-25(30(27)32-33)18-22-10-4-2-5-11-22/h2-8,10-14,16,18-19,27,31H,9,15,17,20-21H2,1H3/b25-18-/t27-,31+/m1/s1. The molecule has 0 bridgehead atoms. The van der Waals surface area contributed by atoms with Crippen molar-refractivity contribution in [3.05, 3.63) is 107 Å². The van der Waals surface area contributed by atoms with E-state index in [0.717, 1.165) is 47.2 Å². The summed E-state index contributed by atoms with van der Waals surface area (Å²) in [4.78, 5) is 25.9. The maximum absolute atomic E-state index is 13.4. The zero-order chi connectivity index (χ0) is 25.6. The predicted octanol–water partition coefficient (Wildman–Crippen LogP) is 5.60. The van der Waals surface area contributed by atoms with Crippen LogP contribution in [0.5, 0.6) is 5.75 Å². The fraction of sp³-hybridized carbons (Fsp3) is 0.258. The number of benzene rings is 3. The largest absolute Gasteiger partial charge is 0.497 e. The lowest BCUT2D eigenvalue weighted by molar-refractivity contribution is -0.152. The fourth-order valence-electron chi connectivity index (χ4n) is 5.15. The molecule has 0 saturated heterocycles. The lowest BCUT2D eigenvalue weighted by Gasteiger charge is -2.29. The summed E-state index contributed by atoms with van der Waals surface area (Å²) in [5.74, 6) is -0.0231. The van der Waals surface area contributed by atoms with Gasteiger partial charge in [-0.05, 0) is 59.7 Å². The van der Waals surface area contributed by atoms with Crippen LogP contribution in [0.3, 0.4) is 0 Å². The van der Waals surface area contributed by atoms with Gasteiger partial charge in [-0.3, -0.25) is 9.59 Å². The number of carbonyl (C=O) groups is 2. The smallest absolute Gasteiger partial charge is 0.310 e. The first kappa shape index (κ1) is 24.5. The Morgan fingerprint density at radius 3 is 2.51 bits per heavy atom. The Labute approximate surface area is 217 Å². The van der Waals surface area contributed by atoms with Gasteiger partial charge in [0.05, 0.1) is 25.3 Å². The van der Waals surface area contributed by atoms with Crippen molar-refractivity contribution in [3.8, 4) is 5.75 Å². The molecule has 1 fully saturated rings. The van der Waals surface area contributed by atoms with Crippen molar-refractivity contribution in [2.24, 2.45) is 11.0 Å². The molecule has 3 aromatic carbocycles. The molecule has 1 saturated carbocycles. The molecule has 37 heavy (non-hydrogen) atoms. The quantitative estimate of drug-likeness (QED) is 0.401. The first-order valence-electron chi connectivity index (χ1n) is 12.6. The Balaban J connectivity index is 1.35. The molecule has 1 aliphatic heterocycles. The van der Waals surface area contributed by atoms with Crippen LogP contribution in [-0.4, -0.2) is 36.3 Å². The molecule has 0 N–H and O–H groups in total. The molecule has 2 atom stereocenters. The Morgan fingerprint density at radius 2 is 1.76 bits per heavy atom. The number of carbonyl (C=O) groups excluding carboxylic acids is 2. The monoisotopic (exact) mass is 494 g/mol. The number of nitrogens with zero attached hydrogens (tertiary/aromatic N) is 2. The molecule has 5 rings (SSSR count). The third-order valence-corrected chi connectivity index (χ3v) is 6.88. The van der Waals surface area contributed by atoms with Gasteiger partial charge in [0.1, 0.15) is 5.75 Å². The molecule has 3 aromatic rings. The number of fused-ring (bicyclic) bond motifs is 1. The van der Waals surface area contributed by atoms with Crippen molar-refractivity contribution in [1.82, 2.24) is 5.01 Å². The molecule has 0 radical (unpaired) electrons. The summed E-state index contributed by atoms with van der Waals surface area (Å²) in [7, 11) is 1.58. The maximum atomic E-state index is 13.4. The number of methoxy groups -OCH3 is 1. The molecule has 6 nitrogen and oxygen atoms in total. The SMILES string of the molecule is COc1cccc(CC(=O)OCC(=O)N2N=C3/C(=C\c4ccccc4)CCC[C@H]3[C@@H]2c2ccccc2)c1. The molecule has 0 spiro atoms. The highest BCUT2D eigenvalue weighted by Crippen LogP contribution is 2.44. The number of hydrazone groups is 1. The Morgan fingerprint density at radius 1 is 1.00 bits per heavy atom. The lowest BCUT2D eigenvalue weighted by Crippen LogP contribution is -2.34. The van der Waals surface area contributed by atoms with Crippen LogP contribution in [-0.2, 0) is 20.7 Å². The highest BCUT2D eigenvalue weighted by molar-refractivity contribution is 6.08. The fourth-order valence-corrected chi connectivity index (χ4v) is 5.15. The lowest BCUT2D eigenvalue weighted by atomic mass is 9.77. The van der Waals surface area contributed by atoms with Crippen LogP contribution >= 0.6 is 0 Å². The van der Waals surface area contributed by atoms with E-state index in [1.165, 1.54) is 5.01 Å². The second-order valence-corrected chi connectivity index (χ2v) is 9.35. The summed E-state index contributed by atoms with van der Waals surface area (Å²) in [6.07, 6.45) is 5.14. The number of ether oxygens (including phenoxy) is 2. The van der Waals surface area contributed by atoms with Crippen molar-refractivity contribution >= 4 is 23.7 Å². The Kier molecular flexibility index (Phi) is 7.45. The minimum absolute atomic E-state index is 0.0632. The second-order valence-electron chi connectivity index (χ2n) is 9.35. The summed E-state index contributed by atoms with van der Waals surface area (Å²) in [6.45, 7) is -0.354. The van der Waals surface area contributed by atoms with Gasteiger partial charge in [0, 0.05) is 5.92 Å². The van der Waals surface area contributed by atoms with E-state index < -0.39 is 5.97 Å². The van der Waals surface area contributed by atoms with Crippen LogP contribution < -0.4 is 4.74 Å². The van der Waals surface area contributed by atoms with E-state index in [4.69, 9.17) is 14.6 Å². The van der Waals surface area contributed by atoms with Crippen molar-refractivity contribution in [2.45, 2.75) is 31.7 Å². The van der Waals surface area contributed by atoms with E-state index >= 15 is 0 Å². The van der Waals surface area contributed by atoms with E-state index in [2.05, 4.69) is 18.2 Å². The molecule has 1 heterocycles. The first-order valence-corrected chi connectivity index (χ1v) is 12.6. The number of hydrogen-bond donors (Lipinski definition) is 0. The average Bonchev–Trinajstić information content (AvgIpc) is 3.34. The molecular weight excluding hydrogens is 464 g/mol. The minimum Gasteiger partial charge on any atom is -0.497 e. The summed E-state index contributed by atoms with van der Waals surface area (Å²) in [5, 5.41) is 6.39. The van der Waals surface area contributed by atoms with Crippen LogP contribution in [0.2, 0.25) is 0 Å². The van der Waals surface area contributed by atoms with E-state index in [0.29, 0.717) is 5.75 Å². The van der Waals surface area contributed by atoms with E-state index in [-0.39, 0.29) is 30.9 Å². The van der Waals surface area contributed by atoms with Gasteiger partial charge in [-0.15, -0.1) is 0 Å². The molecule has 0 unspecified atom stereocenters. The van der Waals surface area contributed by atoms with Gasteiger partial charge >= 0.3 is 5.97 Å². The van der Waals surface area contributed by atoms with Crippen LogP contribution in [0.4, 0.5) is 0 Å². The highest BCUT2D eigenvalue weighted by Gasteiger charge is 2.43. The van der Waals surface area contributed by atoms with Crippen LogP contribution in [0.1, 0.15) is 42.0 Å². The third kappa shape index (κ3) is 5.64. The van der Waals surface area contributed by atoms with Gasteiger partial charge in [-0.25, -0.2) is 5.01 Å². The normalized spacial score (nSPS) is 19.8. The van der Waals surface area contributed by atoms with Crippen LogP contribution in [0.15, 0.2) is 95.6 Å². The maximum Gasteiger partial charge on any atom is 0.310 e. The zero-order valence-electron chi connectivity index (χ0n) is 20.9. The number of rotatable bonds is 7. The van der Waals surface area contributed by atoms with Crippen LogP contribution in [0.25, 0.3) is 6.08 Å². The predicted molar refractivity (Wildman–Crippen MR) is 143 cm³/mol. The van der Waals surface area contributed by atoms with Gasteiger partial charge in [0.25, 0.3) is 5.91 Å². The summed E-state index contributed by atoms with van der Waals surface area (Å²) in [5.41, 5.74) is 5.03. The van der Waals surface area contributed by atoms with E-state index in [1.54, 1.807) is 13.2 Å². The number of esters is 1. The van der Waals surface area contributed by atoms with Crippen molar-refractivity contribution < 1.29 is 19.1 Å².